The average molecular weight is 556 g/mol. The lowest BCUT2D eigenvalue weighted by molar-refractivity contribution is 1.09. The van der Waals surface area contributed by atoms with Crippen molar-refractivity contribution in [3.8, 4) is 0 Å². The zero-order chi connectivity index (χ0) is 29.1. The molecule has 0 spiro atoms. The molecule has 0 bridgehead atoms. The third kappa shape index (κ3) is 5.30. The summed E-state index contributed by atoms with van der Waals surface area (Å²) in [5.74, 6) is 0. The van der Waals surface area contributed by atoms with E-state index in [0.29, 0.717) is 0 Å². The maximum absolute atomic E-state index is 2.74. The van der Waals surface area contributed by atoms with Gasteiger partial charge in [-0.15, -0.1) is 0 Å². The summed E-state index contributed by atoms with van der Waals surface area (Å²) < 4.78 is 0. The monoisotopic (exact) mass is 555 g/mol. The summed E-state index contributed by atoms with van der Waals surface area (Å²) in [6.07, 6.45) is 8.76. The van der Waals surface area contributed by atoms with Crippen LogP contribution in [-0.2, 0) is 38.5 Å². The molecule has 4 aromatic carbocycles. The molecule has 41 heavy (non-hydrogen) atoms. The molecule has 0 aromatic heterocycles. The van der Waals surface area contributed by atoms with Crippen LogP contribution >= 0.6 is 0 Å². The van der Waals surface area contributed by atoms with E-state index in [4.69, 9.17) is 0 Å². The summed E-state index contributed by atoms with van der Waals surface area (Å²) in [4.78, 5) is 0. The Kier molecular flexibility index (Phi) is 8.85. The first-order valence-electron chi connectivity index (χ1n) is 16.0. The third-order valence-electron chi connectivity index (χ3n) is 9.28. The van der Waals surface area contributed by atoms with Crippen LogP contribution in [0.5, 0.6) is 0 Å². The summed E-state index contributed by atoms with van der Waals surface area (Å²) in [5.41, 5.74) is 14.5. The number of hydrogen-bond acceptors (Lipinski definition) is 0. The van der Waals surface area contributed by atoms with E-state index >= 15 is 0 Å². The van der Waals surface area contributed by atoms with Crippen LogP contribution in [0.2, 0.25) is 0 Å². The number of aryl methyl sites for hydroxylation is 6. The Morgan fingerprint density at radius 3 is 1.15 bits per heavy atom. The molecule has 0 heterocycles. The Morgan fingerprint density at radius 1 is 0.463 bits per heavy atom. The van der Waals surface area contributed by atoms with Gasteiger partial charge in [-0.1, -0.05) is 132 Å². The fourth-order valence-corrected chi connectivity index (χ4v) is 12.5. The molecule has 0 aliphatic heterocycles. The Morgan fingerprint density at radius 2 is 0.805 bits per heavy atom. The minimum Gasteiger partial charge on any atom is -0.0628 e. The van der Waals surface area contributed by atoms with Crippen LogP contribution in [0.3, 0.4) is 0 Å². The van der Waals surface area contributed by atoms with Crippen LogP contribution in [0.4, 0.5) is 0 Å². The van der Waals surface area contributed by atoms with Crippen molar-refractivity contribution in [3.05, 3.63) is 134 Å². The van der Waals surface area contributed by atoms with Gasteiger partial charge in [-0.2, -0.15) is 0 Å². The van der Waals surface area contributed by atoms with Crippen molar-refractivity contribution in [3.63, 3.8) is 0 Å². The predicted molar refractivity (Wildman–Crippen MR) is 183 cm³/mol. The van der Waals surface area contributed by atoms with Gasteiger partial charge in [0.2, 0.25) is 0 Å². The molecule has 0 atom stereocenters. The number of fused-ring (bicyclic) bond motifs is 1. The summed E-state index contributed by atoms with van der Waals surface area (Å²) >= 11 is 0. The zero-order valence-corrected chi connectivity index (χ0v) is 27.3. The van der Waals surface area contributed by atoms with Crippen molar-refractivity contribution in [2.75, 3.05) is 0 Å². The van der Waals surface area contributed by atoms with E-state index in [9.17, 15) is 0 Å². The van der Waals surface area contributed by atoms with E-state index in [2.05, 4.69) is 133 Å². The molecule has 4 aromatic rings. The molecule has 0 nitrogen and oxygen atoms in total. The molecular formula is C40H47Si. The Bertz CT molecular complexity index is 1370. The van der Waals surface area contributed by atoms with Crippen LogP contribution in [0.1, 0.15) is 93.0 Å². The van der Waals surface area contributed by atoms with E-state index < -0.39 is 8.07 Å². The van der Waals surface area contributed by atoms with E-state index in [1.165, 1.54) is 50.1 Å². The van der Waals surface area contributed by atoms with E-state index in [1.807, 2.05) is 0 Å². The minimum atomic E-state index is -2.74. The lowest BCUT2D eigenvalue weighted by Gasteiger charge is -2.41. The van der Waals surface area contributed by atoms with Gasteiger partial charge in [0.25, 0.3) is 0 Å². The average Bonchev–Trinajstić information content (AvgIpc) is 3.36. The number of hydrogen-bond donors (Lipinski definition) is 0. The van der Waals surface area contributed by atoms with Gasteiger partial charge in [0.1, 0.15) is 0 Å². The molecule has 1 heteroatoms. The van der Waals surface area contributed by atoms with Gasteiger partial charge in [-0.25, -0.2) is 0 Å². The molecular weight excluding hydrogens is 509 g/mol. The van der Waals surface area contributed by atoms with Crippen molar-refractivity contribution in [1.29, 1.82) is 0 Å². The van der Waals surface area contributed by atoms with Crippen LogP contribution in [0.25, 0.3) is 6.08 Å². The largest absolute Gasteiger partial charge is 0.163 e. The van der Waals surface area contributed by atoms with Crippen molar-refractivity contribution in [2.45, 2.75) is 87.0 Å². The Balaban J connectivity index is 2.03. The number of rotatable bonds is 10. The normalized spacial score (nSPS) is 13.4. The lowest BCUT2D eigenvalue weighted by atomic mass is 10.1. The second-order valence-electron chi connectivity index (χ2n) is 11.8. The third-order valence-corrected chi connectivity index (χ3v) is 14.2. The van der Waals surface area contributed by atoms with Gasteiger partial charge in [-0.3, -0.25) is 0 Å². The second kappa shape index (κ2) is 12.4. The predicted octanol–water partition coefficient (Wildman–Crippen LogP) is 8.11. The number of allylic oxidation sites excluding steroid dienone is 1. The summed E-state index contributed by atoms with van der Waals surface area (Å²) in [5, 5.41) is 4.62. The van der Waals surface area contributed by atoms with Gasteiger partial charge in [0.15, 0.2) is 8.07 Å². The zero-order valence-electron chi connectivity index (χ0n) is 26.3. The van der Waals surface area contributed by atoms with Crippen LogP contribution < -0.4 is 15.6 Å². The highest BCUT2D eigenvalue weighted by molar-refractivity contribution is 7.16. The van der Waals surface area contributed by atoms with E-state index in [0.717, 1.165) is 38.5 Å². The van der Waals surface area contributed by atoms with Crippen molar-refractivity contribution >= 4 is 29.7 Å². The van der Waals surface area contributed by atoms with Crippen LogP contribution in [-0.4, -0.2) is 8.07 Å². The van der Waals surface area contributed by atoms with E-state index in [-0.39, 0.29) is 0 Å². The van der Waals surface area contributed by atoms with Gasteiger partial charge in [0, 0.05) is 5.54 Å². The second-order valence-corrected chi connectivity index (χ2v) is 15.5. The molecule has 1 aliphatic carbocycles. The topological polar surface area (TPSA) is 0 Å². The first-order valence-corrected chi connectivity index (χ1v) is 18.0. The molecule has 1 aliphatic rings. The maximum atomic E-state index is 2.58. The van der Waals surface area contributed by atoms with Gasteiger partial charge >= 0.3 is 0 Å². The van der Waals surface area contributed by atoms with Gasteiger partial charge < -0.3 is 0 Å². The summed E-state index contributed by atoms with van der Waals surface area (Å²) in [7, 11) is -2.74. The standard InChI is InChI=1S/C40H47Si/c1-8-29-19-30(9-2)23-36(22-29)41(37-24-31(10-3)20-32(11-4)25-37,38-26-33(12-5)21-34(13-6)27-38)40-28(7)18-35-16-14-15-17-39(35)40/h14-27H,8-13H2,1-7H3. The molecule has 0 fully saturated rings. The molecule has 0 amide bonds. The molecule has 0 saturated carbocycles. The Hall–Kier alpha value is -3.16. The van der Waals surface area contributed by atoms with Crippen molar-refractivity contribution in [1.82, 2.24) is 0 Å². The maximum Gasteiger partial charge on any atom is 0.163 e. The fraction of sp³-hybridized carbons (Fsp3) is 0.325. The molecule has 0 N–H and O–H groups in total. The molecule has 0 unspecified atom stereocenters. The number of benzene rings is 4. The molecule has 211 valence electrons. The highest BCUT2D eigenvalue weighted by Gasteiger charge is 2.51. The van der Waals surface area contributed by atoms with Gasteiger partial charge in [-0.05, 0) is 106 Å². The SMILES string of the molecule is CCc1cc(CC)cc([Si]([C]2C(C)=Cc3ccccc32)(c2cc(CC)cc(CC)c2)c2cc(CC)cc(CC)c2)c1. The molecule has 0 saturated heterocycles. The summed E-state index contributed by atoms with van der Waals surface area (Å²) in [6.45, 7) is 16.2. The van der Waals surface area contributed by atoms with Crippen LogP contribution in [0, 0.1) is 5.54 Å². The quantitative estimate of drug-likeness (QED) is 0.137. The van der Waals surface area contributed by atoms with Gasteiger partial charge in [0.05, 0.1) is 0 Å². The fourth-order valence-electron chi connectivity index (χ4n) is 6.96. The highest BCUT2D eigenvalue weighted by atomic mass is 28.3. The first kappa shape index (κ1) is 29.3. The van der Waals surface area contributed by atoms with E-state index in [1.54, 1.807) is 21.1 Å². The Labute approximate surface area is 250 Å². The van der Waals surface area contributed by atoms with Crippen molar-refractivity contribution in [2.24, 2.45) is 0 Å². The minimum absolute atomic E-state index is 1.05. The smallest absolute Gasteiger partial charge is 0.0628 e. The lowest BCUT2D eigenvalue weighted by Crippen LogP contribution is -2.71. The van der Waals surface area contributed by atoms with Crippen LogP contribution in [0.15, 0.2) is 84.4 Å². The van der Waals surface area contributed by atoms with Crippen molar-refractivity contribution < 1.29 is 0 Å². The summed E-state index contributed by atoms with van der Waals surface area (Å²) in [6, 6.07) is 32.0. The first-order chi connectivity index (χ1) is 19.9. The molecule has 1 radical (unpaired) electrons. The molecule has 5 rings (SSSR count). The highest BCUT2D eigenvalue weighted by Crippen LogP contribution is 2.41.